The molecule has 1 aliphatic carbocycles. The van der Waals surface area contributed by atoms with Gasteiger partial charge in [-0.15, -0.1) is 22.7 Å². The van der Waals surface area contributed by atoms with Gasteiger partial charge in [0.05, 0.1) is 6.04 Å². The number of hydrogen-bond donors (Lipinski definition) is 1. The molecule has 18 heavy (non-hydrogen) atoms. The predicted molar refractivity (Wildman–Crippen MR) is 80.9 cm³/mol. The summed E-state index contributed by atoms with van der Waals surface area (Å²) in [5.74, 6) is 0. The largest absolute Gasteiger partial charge is 0.309 e. The highest BCUT2D eigenvalue weighted by Crippen LogP contribution is 2.36. The number of aryl methyl sites for hydroxylation is 3. The van der Waals surface area contributed by atoms with Gasteiger partial charge in [-0.1, -0.05) is 0 Å². The van der Waals surface area contributed by atoms with Crippen LogP contribution in [0.5, 0.6) is 0 Å². The van der Waals surface area contributed by atoms with Gasteiger partial charge in [0.1, 0.15) is 0 Å². The van der Waals surface area contributed by atoms with Gasteiger partial charge in [-0.2, -0.15) is 0 Å². The van der Waals surface area contributed by atoms with Crippen LogP contribution in [0.15, 0.2) is 17.5 Å². The van der Waals surface area contributed by atoms with Gasteiger partial charge in [-0.05, 0) is 68.3 Å². The van der Waals surface area contributed by atoms with Crippen LogP contribution < -0.4 is 5.32 Å². The molecule has 2 aromatic heterocycles. The van der Waals surface area contributed by atoms with Crippen molar-refractivity contribution in [1.82, 2.24) is 5.32 Å². The summed E-state index contributed by atoms with van der Waals surface area (Å²) in [5, 5.41) is 5.68. The average molecular weight is 277 g/mol. The molecule has 1 aliphatic rings. The Bertz CT molecular complexity index is 515. The van der Waals surface area contributed by atoms with Crippen molar-refractivity contribution < 1.29 is 0 Å². The smallest absolute Gasteiger partial charge is 0.0679 e. The van der Waals surface area contributed by atoms with E-state index < -0.39 is 0 Å². The molecule has 1 N–H and O–H groups in total. The molecule has 0 fully saturated rings. The molecular weight excluding hydrogens is 258 g/mol. The van der Waals surface area contributed by atoms with E-state index >= 15 is 0 Å². The van der Waals surface area contributed by atoms with Crippen LogP contribution in [-0.2, 0) is 12.8 Å². The minimum absolute atomic E-state index is 0.381. The lowest BCUT2D eigenvalue weighted by molar-refractivity contribution is 0.691. The first-order chi connectivity index (χ1) is 8.79. The van der Waals surface area contributed by atoms with Crippen LogP contribution in [0, 0.1) is 6.92 Å². The van der Waals surface area contributed by atoms with Gasteiger partial charge >= 0.3 is 0 Å². The Morgan fingerprint density at radius 1 is 1.28 bits per heavy atom. The van der Waals surface area contributed by atoms with Crippen molar-refractivity contribution in [2.45, 2.75) is 38.6 Å². The number of nitrogens with one attached hydrogen (secondary N) is 1. The summed E-state index contributed by atoms with van der Waals surface area (Å²) in [5.41, 5.74) is 3.05. The molecule has 0 saturated heterocycles. The topological polar surface area (TPSA) is 12.0 Å². The lowest BCUT2D eigenvalue weighted by atomic mass is 9.98. The van der Waals surface area contributed by atoms with Gasteiger partial charge in [0.15, 0.2) is 0 Å². The second kappa shape index (κ2) is 5.16. The van der Waals surface area contributed by atoms with Crippen molar-refractivity contribution in [3.63, 3.8) is 0 Å². The van der Waals surface area contributed by atoms with Gasteiger partial charge in [-0.25, -0.2) is 0 Å². The second-order valence-corrected chi connectivity index (χ2v) is 7.25. The number of hydrogen-bond acceptors (Lipinski definition) is 3. The van der Waals surface area contributed by atoms with Crippen LogP contribution in [0.4, 0.5) is 0 Å². The van der Waals surface area contributed by atoms with E-state index in [0.29, 0.717) is 6.04 Å². The van der Waals surface area contributed by atoms with Crippen LogP contribution in [0.2, 0.25) is 0 Å². The summed E-state index contributed by atoms with van der Waals surface area (Å²) < 4.78 is 0. The quantitative estimate of drug-likeness (QED) is 0.881. The molecule has 0 radical (unpaired) electrons. The van der Waals surface area contributed by atoms with E-state index in [1.165, 1.54) is 41.0 Å². The van der Waals surface area contributed by atoms with Gasteiger partial charge < -0.3 is 5.32 Å². The molecular formula is C15H19NS2. The Hall–Kier alpha value is -0.640. The minimum atomic E-state index is 0.381. The Kier molecular flexibility index (Phi) is 3.55. The third-order valence-corrected chi connectivity index (χ3v) is 5.96. The maximum atomic E-state index is 3.49. The van der Waals surface area contributed by atoms with E-state index in [0.717, 1.165) is 0 Å². The van der Waals surface area contributed by atoms with Crippen molar-refractivity contribution >= 4 is 22.7 Å². The molecule has 1 atom stereocenters. The molecule has 0 aromatic carbocycles. The van der Waals surface area contributed by atoms with Gasteiger partial charge in [0, 0.05) is 14.6 Å². The molecule has 0 bridgehead atoms. The Morgan fingerprint density at radius 3 is 2.78 bits per heavy atom. The van der Waals surface area contributed by atoms with Crippen molar-refractivity contribution in [2.75, 3.05) is 7.05 Å². The summed E-state index contributed by atoms with van der Waals surface area (Å²) in [6.07, 6.45) is 5.31. The summed E-state index contributed by atoms with van der Waals surface area (Å²) in [6.45, 7) is 2.22. The molecule has 0 spiro atoms. The van der Waals surface area contributed by atoms with Crippen molar-refractivity contribution in [1.29, 1.82) is 0 Å². The van der Waals surface area contributed by atoms with Crippen molar-refractivity contribution in [2.24, 2.45) is 0 Å². The fraction of sp³-hybridized carbons (Fsp3) is 0.467. The SMILES string of the molecule is CNC(c1cc2c(s1)CCCC2)c1ccsc1C. The third-order valence-electron chi connectivity index (χ3n) is 3.80. The Balaban J connectivity index is 1.97. The lowest BCUT2D eigenvalue weighted by Crippen LogP contribution is -2.16. The zero-order valence-electron chi connectivity index (χ0n) is 11.0. The number of rotatable bonds is 3. The van der Waals surface area contributed by atoms with E-state index in [1.54, 1.807) is 10.4 Å². The molecule has 0 aliphatic heterocycles. The summed E-state index contributed by atoms with van der Waals surface area (Å²) >= 11 is 3.86. The minimum Gasteiger partial charge on any atom is -0.309 e. The maximum absolute atomic E-state index is 3.49. The first-order valence-electron chi connectivity index (χ1n) is 6.62. The van der Waals surface area contributed by atoms with Gasteiger partial charge in [0.2, 0.25) is 0 Å². The van der Waals surface area contributed by atoms with Crippen LogP contribution in [0.25, 0.3) is 0 Å². The Morgan fingerprint density at radius 2 is 2.11 bits per heavy atom. The molecule has 2 aromatic rings. The lowest BCUT2D eigenvalue weighted by Gasteiger charge is -2.14. The van der Waals surface area contributed by atoms with E-state index in [9.17, 15) is 0 Å². The highest BCUT2D eigenvalue weighted by Gasteiger charge is 2.20. The Labute approximate surface area is 117 Å². The van der Waals surface area contributed by atoms with Crippen LogP contribution in [-0.4, -0.2) is 7.05 Å². The molecule has 1 nitrogen and oxygen atoms in total. The van der Waals surface area contributed by atoms with E-state index in [1.807, 2.05) is 22.7 Å². The van der Waals surface area contributed by atoms with Crippen molar-refractivity contribution in [3.8, 4) is 0 Å². The fourth-order valence-corrected chi connectivity index (χ4v) is 4.93. The molecule has 3 heteroatoms. The zero-order valence-corrected chi connectivity index (χ0v) is 12.6. The van der Waals surface area contributed by atoms with Crippen LogP contribution >= 0.6 is 22.7 Å². The monoisotopic (exact) mass is 277 g/mol. The molecule has 3 rings (SSSR count). The van der Waals surface area contributed by atoms with Gasteiger partial charge in [0.25, 0.3) is 0 Å². The molecule has 96 valence electrons. The normalized spacial score (nSPS) is 16.6. The van der Waals surface area contributed by atoms with Gasteiger partial charge in [-0.3, -0.25) is 0 Å². The summed E-state index contributed by atoms with van der Waals surface area (Å²) in [7, 11) is 2.07. The summed E-state index contributed by atoms with van der Waals surface area (Å²) in [6, 6.07) is 5.09. The third kappa shape index (κ3) is 2.15. The molecule has 0 saturated carbocycles. The maximum Gasteiger partial charge on any atom is 0.0679 e. The summed E-state index contributed by atoms with van der Waals surface area (Å²) in [4.78, 5) is 4.55. The van der Waals surface area contributed by atoms with Crippen LogP contribution in [0.1, 0.15) is 44.6 Å². The fourth-order valence-electron chi connectivity index (χ4n) is 2.80. The number of fused-ring (bicyclic) bond motifs is 1. The molecule has 0 amide bonds. The van der Waals surface area contributed by atoms with E-state index in [-0.39, 0.29) is 0 Å². The second-order valence-electron chi connectivity index (χ2n) is 4.96. The molecule has 2 heterocycles. The predicted octanol–water partition coefficient (Wildman–Crippen LogP) is 4.31. The standard InChI is InChI=1S/C15H19NS2/c1-10-12(7-8-17-10)15(16-2)14-9-11-5-3-4-6-13(11)18-14/h7-9,15-16H,3-6H2,1-2H3. The van der Waals surface area contributed by atoms with Crippen LogP contribution in [0.3, 0.4) is 0 Å². The highest BCUT2D eigenvalue weighted by molar-refractivity contribution is 7.12. The molecule has 1 unspecified atom stereocenters. The van der Waals surface area contributed by atoms with Crippen molar-refractivity contribution in [3.05, 3.63) is 43.3 Å². The first kappa shape index (κ1) is 12.4. The highest BCUT2D eigenvalue weighted by atomic mass is 32.1. The van der Waals surface area contributed by atoms with E-state index in [4.69, 9.17) is 0 Å². The zero-order chi connectivity index (χ0) is 12.5. The average Bonchev–Trinajstić information content (AvgIpc) is 2.97. The first-order valence-corrected chi connectivity index (χ1v) is 8.32. The van der Waals surface area contributed by atoms with E-state index in [2.05, 4.69) is 36.8 Å². The number of thiophene rings is 2.